The lowest BCUT2D eigenvalue weighted by Crippen LogP contribution is -2.20. The molecule has 0 radical (unpaired) electrons. The third kappa shape index (κ3) is 3.53. The van der Waals surface area contributed by atoms with Crippen LogP contribution in [0, 0.1) is 17.7 Å². The van der Waals surface area contributed by atoms with Crippen LogP contribution < -0.4 is 5.32 Å². The van der Waals surface area contributed by atoms with Gasteiger partial charge in [-0.1, -0.05) is 11.6 Å². The highest BCUT2D eigenvalue weighted by molar-refractivity contribution is 6.31. The number of halogens is 4. The minimum atomic E-state index is -2.85. The Balaban J connectivity index is 1.61. The maximum Gasteiger partial charge on any atom is 0.319 e. The van der Waals surface area contributed by atoms with E-state index in [0.29, 0.717) is 22.0 Å². The SMILES string of the molecule is O=C(Nc1ccc(F)c(Cl)c1)c1c(C2CC3CC(O)CC3C2)ccn1C(F)F. The summed E-state index contributed by atoms with van der Waals surface area (Å²) < 4.78 is 41.0. The van der Waals surface area contributed by atoms with Crippen molar-refractivity contribution in [2.45, 2.75) is 44.3 Å². The van der Waals surface area contributed by atoms with Gasteiger partial charge < -0.3 is 10.4 Å². The van der Waals surface area contributed by atoms with Gasteiger partial charge in [0.1, 0.15) is 11.5 Å². The summed E-state index contributed by atoms with van der Waals surface area (Å²) in [4.78, 5) is 12.8. The minimum Gasteiger partial charge on any atom is -0.393 e. The topological polar surface area (TPSA) is 54.3 Å². The lowest BCUT2D eigenvalue weighted by molar-refractivity contribution is 0.0648. The molecule has 0 spiro atoms. The minimum absolute atomic E-state index is 0.0000516. The monoisotopic (exact) mass is 412 g/mol. The van der Waals surface area contributed by atoms with Crippen molar-refractivity contribution in [2.24, 2.45) is 11.8 Å². The molecule has 2 unspecified atom stereocenters. The van der Waals surface area contributed by atoms with Gasteiger partial charge in [-0.3, -0.25) is 9.36 Å². The number of rotatable bonds is 4. The molecule has 2 aliphatic carbocycles. The van der Waals surface area contributed by atoms with E-state index in [-0.39, 0.29) is 28.4 Å². The highest BCUT2D eigenvalue weighted by atomic mass is 35.5. The average Bonchev–Trinajstić information content (AvgIpc) is 3.29. The largest absolute Gasteiger partial charge is 0.393 e. The van der Waals surface area contributed by atoms with Crippen LogP contribution in [0.15, 0.2) is 30.5 Å². The summed E-state index contributed by atoms with van der Waals surface area (Å²) in [6.07, 6.45) is 3.95. The first-order valence-electron chi connectivity index (χ1n) is 9.26. The molecule has 2 aromatic rings. The van der Waals surface area contributed by atoms with Gasteiger partial charge in [0.2, 0.25) is 0 Å². The van der Waals surface area contributed by atoms with Crippen molar-refractivity contribution >= 4 is 23.2 Å². The highest BCUT2D eigenvalue weighted by Gasteiger charge is 2.43. The van der Waals surface area contributed by atoms with Gasteiger partial charge in [0.05, 0.1) is 11.1 Å². The van der Waals surface area contributed by atoms with Crippen LogP contribution in [-0.2, 0) is 0 Å². The Bertz CT molecular complexity index is 888. The summed E-state index contributed by atoms with van der Waals surface area (Å²) in [5, 5.41) is 12.2. The van der Waals surface area contributed by atoms with E-state index in [1.165, 1.54) is 18.3 Å². The third-order valence-electron chi connectivity index (χ3n) is 5.98. The predicted molar refractivity (Wildman–Crippen MR) is 99.2 cm³/mol. The molecule has 0 saturated heterocycles. The number of carbonyl (C=O) groups is 1. The van der Waals surface area contributed by atoms with Crippen LogP contribution in [0.5, 0.6) is 0 Å². The van der Waals surface area contributed by atoms with E-state index in [1.54, 1.807) is 6.07 Å². The fourth-order valence-corrected chi connectivity index (χ4v) is 4.99. The lowest BCUT2D eigenvalue weighted by atomic mass is 9.94. The molecule has 8 heteroatoms. The highest BCUT2D eigenvalue weighted by Crippen LogP contribution is 2.51. The normalized spacial score (nSPS) is 26.6. The molecule has 1 aromatic heterocycles. The van der Waals surface area contributed by atoms with Crippen molar-refractivity contribution in [1.29, 1.82) is 0 Å². The Morgan fingerprint density at radius 1 is 1.18 bits per heavy atom. The zero-order chi connectivity index (χ0) is 20.0. The molecule has 4 nitrogen and oxygen atoms in total. The maximum atomic E-state index is 13.5. The quantitative estimate of drug-likeness (QED) is 0.725. The number of hydrogen-bond acceptors (Lipinski definition) is 2. The van der Waals surface area contributed by atoms with Gasteiger partial charge in [0.15, 0.2) is 0 Å². The van der Waals surface area contributed by atoms with E-state index in [9.17, 15) is 23.1 Å². The average molecular weight is 413 g/mol. The van der Waals surface area contributed by atoms with E-state index < -0.39 is 18.3 Å². The Kier molecular flexibility index (Phi) is 5.14. The fraction of sp³-hybridized carbons (Fsp3) is 0.450. The third-order valence-corrected chi connectivity index (χ3v) is 6.27. The number of hydrogen-bond donors (Lipinski definition) is 2. The van der Waals surface area contributed by atoms with Crippen molar-refractivity contribution in [3.63, 3.8) is 0 Å². The number of benzene rings is 1. The summed E-state index contributed by atoms with van der Waals surface area (Å²) in [5.74, 6) is -0.584. The summed E-state index contributed by atoms with van der Waals surface area (Å²) in [6, 6.07) is 5.26. The molecule has 2 N–H and O–H groups in total. The van der Waals surface area contributed by atoms with Gasteiger partial charge in [0.25, 0.3) is 5.91 Å². The van der Waals surface area contributed by atoms with E-state index in [0.717, 1.165) is 31.7 Å². The van der Waals surface area contributed by atoms with Crippen LogP contribution >= 0.6 is 11.6 Å². The van der Waals surface area contributed by atoms with Crippen LogP contribution in [0.1, 0.15) is 54.2 Å². The number of aliphatic hydroxyl groups excluding tert-OH is 1. The van der Waals surface area contributed by atoms with Crippen molar-refractivity contribution in [3.8, 4) is 0 Å². The Morgan fingerprint density at radius 3 is 2.46 bits per heavy atom. The zero-order valence-corrected chi connectivity index (χ0v) is 15.7. The molecule has 1 aromatic carbocycles. The van der Waals surface area contributed by atoms with Crippen LogP contribution in [0.4, 0.5) is 18.9 Å². The van der Waals surface area contributed by atoms with Crippen LogP contribution in [0.2, 0.25) is 5.02 Å². The van der Waals surface area contributed by atoms with Gasteiger partial charge in [-0.05, 0) is 73.3 Å². The van der Waals surface area contributed by atoms with Crippen LogP contribution in [0.25, 0.3) is 0 Å². The van der Waals surface area contributed by atoms with E-state index >= 15 is 0 Å². The molecule has 1 amide bonds. The first kappa shape index (κ1) is 19.3. The van der Waals surface area contributed by atoms with Gasteiger partial charge in [-0.15, -0.1) is 0 Å². The summed E-state index contributed by atoms with van der Waals surface area (Å²) in [6.45, 7) is -2.85. The molecule has 0 bridgehead atoms. The smallest absolute Gasteiger partial charge is 0.319 e. The first-order valence-corrected chi connectivity index (χ1v) is 9.64. The van der Waals surface area contributed by atoms with E-state index in [1.807, 2.05) is 0 Å². The molecule has 2 atom stereocenters. The number of carbonyl (C=O) groups excluding carboxylic acids is 1. The number of anilines is 1. The van der Waals surface area contributed by atoms with E-state index in [2.05, 4.69) is 5.32 Å². The second-order valence-electron chi connectivity index (χ2n) is 7.70. The molecule has 2 saturated carbocycles. The first-order chi connectivity index (χ1) is 13.3. The lowest BCUT2D eigenvalue weighted by Gasteiger charge is -2.16. The Hall–Kier alpha value is -1.99. The fourth-order valence-electron chi connectivity index (χ4n) is 4.81. The molecule has 28 heavy (non-hydrogen) atoms. The number of nitrogens with one attached hydrogen (secondary N) is 1. The number of alkyl halides is 2. The summed E-state index contributed by atoms with van der Waals surface area (Å²) in [7, 11) is 0. The standard InChI is InChI=1S/C20H20ClF3N2O2/c21-16-9-13(1-2-17(16)22)25-19(28)18-15(3-4-26(18)20(23)24)12-5-10-7-14(27)8-11(10)6-12/h1-4,9-12,14,20,27H,5-8H2,(H,25,28). The van der Waals surface area contributed by atoms with Crippen molar-refractivity contribution in [1.82, 2.24) is 4.57 Å². The molecule has 2 fully saturated rings. The molecule has 1 heterocycles. The molecule has 0 aliphatic heterocycles. The van der Waals surface area contributed by atoms with Crippen LogP contribution in [-0.4, -0.2) is 21.7 Å². The Morgan fingerprint density at radius 2 is 1.86 bits per heavy atom. The second kappa shape index (κ2) is 7.44. The molecule has 150 valence electrons. The molecular formula is C20H20ClF3N2O2. The number of amides is 1. The van der Waals surface area contributed by atoms with E-state index in [4.69, 9.17) is 11.6 Å². The van der Waals surface area contributed by atoms with Gasteiger partial charge in [0, 0.05) is 11.9 Å². The Labute approximate surface area is 165 Å². The zero-order valence-electron chi connectivity index (χ0n) is 14.9. The second-order valence-corrected chi connectivity index (χ2v) is 8.11. The predicted octanol–water partition coefficient (Wildman–Crippen LogP) is 5.19. The maximum absolute atomic E-state index is 13.5. The molecule has 2 aliphatic rings. The van der Waals surface area contributed by atoms with Crippen LogP contribution in [0.3, 0.4) is 0 Å². The van der Waals surface area contributed by atoms with Gasteiger partial charge in [-0.2, -0.15) is 8.78 Å². The van der Waals surface area contributed by atoms with Crippen molar-refractivity contribution in [2.75, 3.05) is 5.32 Å². The number of aromatic nitrogens is 1. The molecule has 4 rings (SSSR count). The number of fused-ring (bicyclic) bond motifs is 1. The summed E-state index contributed by atoms with van der Waals surface area (Å²) in [5.41, 5.74) is 0.742. The van der Waals surface area contributed by atoms with Crippen molar-refractivity contribution in [3.05, 3.63) is 52.6 Å². The molecular weight excluding hydrogens is 393 g/mol. The number of aliphatic hydroxyl groups is 1. The number of nitrogens with zero attached hydrogens (tertiary/aromatic N) is 1. The van der Waals surface area contributed by atoms with Gasteiger partial charge >= 0.3 is 6.55 Å². The summed E-state index contributed by atoms with van der Waals surface area (Å²) >= 11 is 5.73. The van der Waals surface area contributed by atoms with Crippen molar-refractivity contribution < 1.29 is 23.1 Å². The van der Waals surface area contributed by atoms with Gasteiger partial charge in [-0.25, -0.2) is 4.39 Å².